The molecule has 0 spiro atoms. The Labute approximate surface area is 119 Å². The minimum Gasteiger partial charge on any atom is -0.480 e. The van der Waals surface area contributed by atoms with Gasteiger partial charge in [-0.3, -0.25) is 0 Å². The summed E-state index contributed by atoms with van der Waals surface area (Å²) < 4.78 is 0. The fourth-order valence-electron chi connectivity index (χ4n) is 2.29. The maximum atomic E-state index is 11.2. The Morgan fingerprint density at radius 1 is 1.35 bits per heavy atom. The molecule has 0 aliphatic rings. The number of likely N-dealkylation sites (N-methyl/N-ethyl adjacent to an activating group) is 1. The molecule has 1 atom stereocenters. The number of carboxylic acids is 1. The Morgan fingerprint density at radius 3 is 2.40 bits per heavy atom. The van der Waals surface area contributed by atoms with Crippen molar-refractivity contribution in [2.24, 2.45) is 0 Å². The first kappa shape index (κ1) is 15.9. The second-order valence-electron chi connectivity index (χ2n) is 4.52. The van der Waals surface area contributed by atoms with Crippen LogP contribution < -0.4 is 4.90 Å². The summed E-state index contributed by atoms with van der Waals surface area (Å²) in [5.74, 6) is -0.589. The third-order valence-corrected chi connectivity index (χ3v) is 3.41. The van der Waals surface area contributed by atoms with E-state index in [0.29, 0.717) is 30.6 Å². The van der Waals surface area contributed by atoms with E-state index in [-0.39, 0.29) is 0 Å². The number of nitrogens with zero attached hydrogens (tertiary/aromatic N) is 4. The van der Waals surface area contributed by atoms with E-state index < -0.39 is 12.0 Å². The third kappa shape index (κ3) is 2.87. The summed E-state index contributed by atoms with van der Waals surface area (Å²) in [4.78, 5) is 12.8. The average Bonchev–Trinajstić information content (AvgIpc) is 2.45. The van der Waals surface area contributed by atoms with Crippen molar-refractivity contribution in [3.8, 4) is 6.07 Å². The minimum atomic E-state index is -0.932. The average molecular weight is 276 g/mol. The number of carbonyl (C=O) groups is 1. The zero-order chi connectivity index (χ0) is 15.3. The smallest absolute Gasteiger partial charge is 0.326 e. The molecule has 1 heterocycles. The Bertz CT molecular complexity index is 537. The number of hydrogen-bond acceptors (Lipinski definition) is 5. The topological polar surface area (TPSA) is 90.1 Å². The van der Waals surface area contributed by atoms with Gasteiger partial charge in [-0.05, 0) is 24.8 Å². The van der Waals surface area contributed by atoms with E-state index >= 15 is 0 Å². The standard InChI is InChI=1S/C14H20N4O2/c1-5-9-10(8-15)13(17-16-11(9)6-2)18(4)12(7-3)14(19)20/h12H,5-7H2,1-4H3,(H,19,20). The molecular formula is C14H20N4O2. The van der Waals surface area contributed by atoms with Gasteiger partial charge in [0.15, 0.2) is 5.82 Å². The van der Waals surface area contributed by atoms with Gasteiger partial charge in [-0.1, -0.05) is 20.8 Å². The van der Waals surface area contributed by atoms with Gasteiger partial charge in [-0.15, -0.1) is 5.10 Å². The lowest BCUT2D eigenvalue weighted by Crippen LogP contribution is -2.39. The van der Waals surface area contributed by atoms with Crippen molar-refractivity contribution in [2.75, 3.05) is 11.9 Å². The van der Waals surface area contributed by atoms with Crippen molar-refractivity contribution >= 4 is 11.8 Å². The van der Waals surface area contributed by atoms with Gasteiger partial charge in [0.1, 0.15) is 17.7 Å². The summed E-state index contributed by atoms with van der Waals surface area (Å²) in [6, 6.07) is 1.44. The maximum Gasteiger partial charge on any atom is 0.326 e. The fraction of sp³-hybridized carbons (Fsp3) is 0.571. The minimum absolute atomic E-state index is 0.343. The quantitative estimate of drug-likeness (QED) is 0.851. The van der Waals surface area contributed by atoms with E-state index in [1.165, 1.54) is 4.90 Å². The van der Waals surface area contributed by atoms with E-state index in [4.69, 9.17) is 0 Å². The van der Waals surface area contributed by atoms with Gasteiger partial charge in [0.25, 0.3) is 0 Å². The van der Waals surface area contributed by atoms with Crippen molar-refractivity contribution in [1.29, 1.82) is 5.26 Å². The number of nitriles is 1. The van der Waals surface area contributed by atoms with Crippen LogP contribution in [0, 0.1) is 11.3 Å². The highest BCUT2D eigenvalue weighted by Crippen LogP contribution is 2.24. The number of aliphatic carboxylic acids is 1. The largest absolute Gasteiger partial charge is 0.480 e. The highest BCUT2D eigenvalue weighted by molar-refractivity contribution is 5.78. The molecule has 0 aliphatic carbocycles. The molecule has 20 heavy (non-hydrogen) atoms. The van der Waals surface area contributed by atoms with Crippen molar-refractivity contribution < 1.29 is 9.90 Å². The molecule has 1 N–H and O–H groups in total. The van der Waals surface area contributed by atoms with E-state index in [2.05, 4.69) is 16.3 Å². The Hall–Kier alpha value is -2.16. The first-order valence-electron chi connectivity index (χ1n) is 6.75. The Balaban J connectivity index is 3.39. The predicted molar refractivity (Wildman–Crippen MR) is 75.6 cm³/mol. The molecule has 6 nitrogen and oxygen atoms in total. The lowest BCUT2D eigenvalue weighted by molar-refractivity contribution is -0.138. The van der Waals surface area contributed by atoms with E-state index in [9.17, 15) is 15.2 Å². The monoisotopic (exact) mass is 276 g/mol. The first-order valence-corrected chi connectivity index (χ1v) is 6.75. The van der Waals surface area contributed by atoms with E-state index in [1.807, 2.05) is 13.8 Å². The van der Waals surface area contributed by atoms with Crippen LogP contribution in [0.2, 0.25) is 0 Å². The van der Waals surface area contributed by atoms with Crippen molar-refractivity contribution in [1.82, 2.24) is 10.2 Å². The lowest BCUT2D eigenvalue weighted by Gasteiger charge is -2.26. The number of aryl methyl sites for hydroxylation is 1. The molecule has 1 rings (SSSR count). The number of carboxylic acid groups (broad SMARTS) is 1. The van der Waals surface area contributed by atoms with Crippen LogP contribution in [-0.4, -0.2) is 34.4 Å². The lowest BCUT2D eigenvalue weighted by atomic mass is 10.0. The maximum absolute atomic E-state index is 11.2. The van der Waals surface area contributed by atoms with Gasteiger partial charge in [0.05, 0.1) is 5.69 Å². The third-order valence-electron chi connectivity index (χ3n) is 3.41. The molecule has 0 radical (unpaired) electrons. The van der Waals surface area contributed by atoms with E-state index in [1.54, 1.807) is 14.0 Å². The normalized spacial score (nSPS) is 11.8. The Morgan fingerprint density at radius 2 is 2.00 bits per heavy atom. The summed E-state index contributed by atoms with van der Waals surface area (Å²) in [5.41, 5.74) is 2.08. The summed E-state index contributed by atoms with van der Waals surface area (Å²) in [6.45, 7) is 5.70. The molecule has 1 unspecified atom stereocenters. The second kappa shape index (κ2) is 6.85. The first-order chi connectivity index (χ1) is 9.51. The van der Waals surface area contributed by atoms with Gasteiger partial charge >= 0.3 is 5.97 Å². The SMILES string of the molecule is CCc1nnc(N(C)C(CC)C(=O)O)c(C#N)c1CC. The molecule has 0 bridgehead atoms. The second-order valence-corrected chi connectivity index (χ2v) is 4.52. The molecule has 0 fully saturated rings. The summed E-state index contributed by atoms with van der Waals surface area (Å²) in [7, 11) is 1.64. The number of rotatable bonds is 6. The number of hydrogen-bond donors (Lipinski definition) is 1. The highest BCUT2D eigenvalue weighted by atomic mass is 16.4. The van der Waals surface area contributed by atoms with E-state index in [0.717, 1.165) is 11.3 Å². The molecule has 0 saturated carbocycles. The van der Waals surface area contributed by atoms with Gasteiger partial charge in [0.2, 0.25) is 0 Å². The van der Waals surface area contributed by atoms with Crippen LogP contribution in [0.25, 0.3) is 0 Å². The van der Waals surface area contributed by atoms with Crippen LogP contribution in [0.1, 0.15) is 44.0 Å². The zero-order valence-electron chi connectivity index (χ0n) is 12.3. The highest BCUT2D eigenvalue weighted by Gasteiger charge is 2.26. The van der Waals surface area contributed by atoms with Crippen LogP contribution >= 0.6 is 0 Å². The molecule has 0 saturated heterocycles. The van der Waals surface area contributed by atoms with Crippen molar-refractivity contribution in [3.05, 3.63) is 16.8 Å². The predicted octanol–water partition coefficient (Wildman–Crippen LogP) is 1.77. The van der Waals surface area contributed by atoms with Crippen molar-refractivity contribution in [3.63, 3.8) is 0 Å². The Kier molecular flexibility index (Phi) is 5.44. The molecule has 1 aromatic rings. The molecule has 0 aromatic carbocycles. The van der Waals surface area contributed by atoms with Crippen LogP contribution in [0.5, 0.6) is 0 Å². The van der Waals surface area contributed by atoms with Crippen LogP contribution in [0.3, 0.4) is 0 Å². The molecule has 0 aliphatic heterocycles. The van der Waals surface area contributed by atoms with Gasteiger partial charge in [-0.25, -0.2) is 4.79 Å². The fourth-order valence-corrected chi connectivity index (χ4v) is 2.29. The number of anilines is 1. The summed E-state index contributed by atoms with van der Waals surface area (Å²) >= 11 is 0. The molecule has 1 aromatic heterocycles. The molecule has 108 valence electrons. The molecule has 0 amide bonds. The van der Waals surface area contributed by atoms with Gasteiger partial charge in [-0.2, -0.15) is 10.4 Å². The number of aromatic nitrogens is 2. The zero-order valence-corrected chi connectivity index (χ0v) is 12.3. The summed E-state index contributed by atoms with van der Waals surface area (Å²) in [6.07, 6.45) is 1.80. The van der Waals surface area contributed by atoms with Crippen LogP contribution in [0.15, 0.2) is 0 Å². The van der Waals surface area contributed by atoms with Crippen LogP contribution in [0.4, 0.5) is 5.82 Å². The summed E-state index contributed by atoms with van der Waals surface area (Å²) in [5, 5.41) is 26.8. The van der Waals surface area contributed by atoms with Crippen molar-refractivity contribution in [2.45, 2.75) is 46.1 Å². The van der Waals surface area contributed by atoms with Crippen LogP contribution in [-0.2, 0) is 17.6 Å². The van der Waals surface area contributed by atoms with Gasteiger partial charge in [0, 0.05) is 7.05 Å². The molecular weight excluding hydrogens is 256 g/mol. The molecule has 6 heteroatoms. The van der Waals surface area contributed by atoms with Gasteiger partial charge < -0.3 is 10.0 Å².